The SMILES string of the molecule is CN1c2ccccc2C(C)(C)[C@@]12C=Cc1c(c(Br)cc3oc4c(c13)CCCC4)O2. The van der Waals surface area contributed by atoms with Crippen LogP contribution in [0.25, 0.3) is 17.0 Å². The standard InChI is InChI=1S/C25H24BrNO2/c1-24(2)17-9-5-6-10-19(17)27(3)25(24)13-12-16-22-15-8-4-7-11-20(15)28-21(22)14-18(26)23(16)29-25/h5-6,9-10,12-14H,4,7-8,11H2,1-3H3/t25-/m0/s1. The molecule has 0 N–H and O–H groups in total. The van der Waals surface area contributed by atoms with Crippen LogP contribution in [-0.4, -0.2) is 12.8 Å². The smallest absolute Gasteiger partial charge is 0.211 e. The fraction of sp³-hybridized carbons (Fsp3) is 0.360. The van der Waals surface area contributed by atoms with Gasteiger partial charge in [-0.1, -0.05) is 18.2 Å². The maximum atomic E-state index is 6.94. The molecule has 0 fully saturated rings. The van der Waals surface area contributed by atoms with Gasteiger partial charge in [0.2, 0.25) is 5.72 Å². The van der Waals surface area contributed by atoms with E-state index in [1.807, 2.05) is 0 Å². The predicted octanol–water partition coefficient (Wildman–Crippen LogP) is 6.60. The Morgan fingerprint density at radius 1 is 1.10 bits per heavy atom. The van der Waals surface area contributed by atoms with Crippen molar-refractivity contribution < 1.29 is 9.15 Å². The Kier molecular flexibility index (Phi) is 3.46. The zero-order valence-electron chi connectivity index (χ0n) is 17.0. The van der Waals surface area contributed by atoms with Crippen LogP contribution in [0.15, 0.2) is 45.3 Å². The summed E-state index contributed by atoms with van der Waals surface area (Å²) in [5.41, 5.74) is 5.26. The first-order valence-electron chi connectivity index (χ1n) is 10.4. The molecule has 1 spiro atoms. The van der Waals surface area contributed by atoms with E-state index in [0.29, 0.717) is 0 Å². The van der Waals surface area contributed by atoms with Crippen LogP contribution in [0.3, 0.4) is 0 Å². The van der Waals surface area contributed by atoms with Crippen LogP contribution < -0.4 is 9.64 Å². The van der Waals surface area contributed by atoms with Crippen LogP contribution in [0.4, 0.5) is 5.69 Å². The molecule has 3 aliphatic rings. The number of furan rings is 1. The summed E-state index contributed by atoms with van der Waals surface area (Å²) >= 11 is 3.78. The third kappa shape index (κ3) is 2.08. The second-order valence-electron chi connectivity index (χ2n) is 9.02. The van der Waals surface area contributed by atoms with E-state index in [2.05, 4.69) is 84.2 Å². The normalized spacial score (nSPS) is 23.8. The van der Waals surface area contributed by atoms with E-state index >= 15 is 0 Å². The molecule has 1 aromatic heterocycles. The lowest BCUT2D eigenvalue weighted by molar-refractivity contribution is 0.0575. The number of rotatable bonds is 0. The molecule has 3 nitrogen and oxygen atoms in total. The van der Waals surface area contributed by atoms with Crippen LogP contribution in [0, 0.1) is 0 Å². The lowest BCUT2D eigenvalue weighted by Gasteiger charge is -2.46. The summed E-state index contributed by atoms with van der Waals surface area (Å²) in [6.07, 6.45) is 9.08. The quantitative estimate of drug-likeness (QED) is 0.386. The first-order valence-corrected chi connectivity index (χ1v) is 11.2. The number of hydrogen-bond acceptors (Lipinski definition) is 3. The van der Waals surface area contributed by atoms with Crippen LogP contribution >= 0.6 is 15.9 Å². The molecule has 0 radical (unpaired) electrons. The second-order valence-corrected chi connectivity index (χ2v) is 9.87. The van der Waals surface area contributed by atoms with E-state index in [4.69, 9.17) is 9.15 Å². The van der Waals surface area contributed by atoms with Crippen molar-refractivity contribution in [1.29, 1.82) is 0 Å². The molecule has 2 aromatic carbocycles. The van der Waals surface area contributed by atoms with Crippen molar-refractivity contribution in [2.24, 2.45) is 0 Å². The third-order valence-corrected chi connectivity index (χ3v) is 7.84. The zero-order valence-corrected chi connectivity index (χ0v) is 18.6. The predicted molar refractivity (Wildman–Crippen MR) is 121 cm³/mol. The number of halogens is 1. The molecule has 0 unspecified atom stereocenters. The number of hydrogen-bond donors (Lipinski definition) is 0. The highest BCUT2D eigenvalue weighted by atomic mass is 79.9. The van der Waals surface area contributed by atoms with Crippen LogP contribution in [0.1, 0.15) is 49.1 Å². The highest BCUT2D eigenvalue weighted by molar-refractivity contribution is 9.10. The molecule has 1 aliphatic carbocycles. The van der Waals surface area contributed by atoms with E-state index in [1.165, 1.54) is 35.0 Å². The Balaban J connectivity index is 1.58. The van der Waals surface area contributed by atoms with E-state index in [1.54, 1.807) is 0 Å². The van der Waals surface area contributed by atoms with Gasteiger partial charge >= 0.3 is 0 Å². The van der Waals surface area contributed by atoms with E-state index in [9.17, 15) is 0 Å². The Labute approximate surface area is 179 Å². The van der Waals surface area contributed by atoms with Gasteiger partial charge < -0.3 is 14.1 Å². The van der Waals surface area contributed by atoms with Crippen molar-refractivity contribution in [1.82, 2.24) is 0 Å². The molecule has 0 saturated carbocycles. The molecule has 29 heavy (non-hydrogen) atoms. The second kappa shape index (κ2) is 5.69. The number of aryl methyl sites for hydroxylation is 2. The number of likely N-dealkylation sites (N-methyl/N-ethyl adjacent to an activating group) is 1. The summed E-state index contributed by atoms with van der Waals surface area (Å²) in [5.74, 6) is 2.08. The summed E-state index contributed by atoms with van der Waals surface area (Å²) in [6.45, 7) is 4.55. The summed E-state index contributed by atoms with van der Waals surface area (Å²) < 4.78 is 14.1. The Morgan fingerprint density at radius 2 is 1.90 bits per heavy atom. The number of nitrogens with zero attached hydrogens (tertiary/aromatic N) is 1. The maximum Gasteiger partial charge on any atom is 0.211 e. The molecule has 2 aliphatic heterocycles. The lowest BCUT2D eigenvalue weighted by atomic mass is 9.76. The lowest BCUT2D eigenvalue weighted by Crippen LogP contribution is -2.58. The van der Waals surface area contributed by atoms with Crippen molar-refractivity contribution in [3.63, 3.8) is 0 Å². The first kappa shape index (κ1) is 17.6. The Morgan fingerprint density at radius 3 is 2.72 bits per heavy atom. The van der Waals surface area contributed by atoms with Crippen molar-refractivity contribution in [3.05, 3.63) is 63.3 Å². The summed E-state index contributed by atoms with van der Waals surface area (Å²) in [6, 6.07) is 10.7. The molecule has 1 atom stereocenters. The molecule has 6 rings (SSSR count). The van der Waals surface area contributed by atoms with Gasteiger partial charge in [0.15, 0.2) is 0 Å². The van der Waals surface area contributed by atoms with Gasteiger partial charge in [0.05, 0.1) is 9.89 Å². The molecule has 3 heterocycles. The fourth-order valence-electron chi connectivity index (χ4n) is 5.66. The average molecular weight is 450 g/mol. The fourth-order valence-corrected chi connectivity index (χ4v) is 6.16. The molecule has 0 saturated heterocycles. The summed E-state index contributed by atoms with van der Waals surface area (Å²) in [7, 11) is 2.13. The third-order valence-electron chi connectivity index (χ3n) is 7.25. The number of fused-ring (bicyclic) bond motifs is 6. The highest BCUT2D eigenvalue weighted by Crippen LogP contribution is 2.56. The Bertz CT molecular complexity index is 1210. The number of ether oxygens (including phenoxy) is 1. The summed E-state index contributed by atoms with van der Waals surface area (Å²) in [5, 5.41) is 1.24. The van der Waals surface area contributed by atoms with Gasteiger partial charge in [-0.25, -0.2) is 0 Å². The molecule has 0 amide bonds. The van der Waals surface area contributed by atoms with Crippen LogP contribution in [0.5, 0.6) is 5.75 Å². The Hall–Kier alpha value is -2.20. The maximum absolute atomic E-state index is 6.94. The van der Waals surface area contributed by atoms with Gasteiger partial charge in [0.25, 0.3) is 0 Å². The van der Waals surface area contributed by atoms with Crippen LogP contribution in [-0.2, 0) is 18.3 Å². The molecular weight excluding hydrogens is 426 g/mol. The van der Waals surface area contributed by atoms with E-state index in [0.717, 1.165) is 40.0 Å². The topological polar surface area (TPSA) is 25.6 Å². The van der Waals surface area contributed by atoms with Gasteiger partial charge in [-0.3, -0.25) is 0 Å². The highest BCUT2D eigenvalue weighted by Gasteiger charge is 2.57. The minimum absolute atomic E-state index is 0.198. The van der Waals surface area contributed by atoms with Crippen LogP contribution in [0.2, 0.25) is 0 Å². The van der Waals surface area contributed by atoms with Crippen molar-refractivity contribution in [3.8, 4) is 5.75 Å². The number of benzene rings is 2. The molecule has 0 bridgehead atoms. The van der Waals surface area contributed by atoms with Crippen molar-refractivity contribution in [2.75, 3.05) is 11.9 Å². The van der Waals surface area contributed by atoms with Crippen molar-refractivity contribution >= 4 is 38.7 Å². The largest absolute Gasteiger partial charge is 0.462 e. The van der Waals surface area contributed by atoms with Gasteiger partial charge in [-0.2, -0.15) is 0 Å². The molecule has 3 aromatic rings. The molecular formula is C25H24BrNO2. The monoisotopic (exact) mass is 449 g/mol. The first-order chi connectivity index (χ1) is 13.9. The summed E-state index contributed by atoms with van der Waals surface area (Å²) in [4.78, 5) is 2.28. The van der Waals surface area contributed by atoms with E-state index in [-0.39, 0.29) is 5.41 Å². The van der Waals surface area contributed by atoms with Crippen molar-refractivity contribution in [2.45, 2.75) is 50.7 Å². The number of anilines is 1. The van der Waals surface area contributed by atoms with Gasteiger partial charge in [-0.05, 0) is 78.9 Å². The number of para-hydroxylation sites is 1. The van der Waals surface area contributed by atoms with Gasteiger partial charge in [0.1, 0.15) is 17.1 Å². The van der Waals surface area contributed by atoms with Gasteiger partial charge in [0, 0.05) is 35.7 Å². The minimum Gasteiger partial charge on any atom is -0.462 e. The molecule has 4 heteroatoms. The zero-order chi connectivity index (χ0) is 20.0. The van der Waals surface area contributed by atoms with E-state index < -0.39 is 5.72 Å². The van der Waals surface area contributed by atoms with Gasteiger partial charge in [-0.15, -0.1) is 0 Å². The average Bonchev–Trinajstić information content (AvgIpc) is 3.17. The molecule has 148 valence electrons. The minimum atomic E-state index is -0.566.